The predicted molar refractivity (Wildman–Crippen MR) is 126 cm³/mol. The maximum absolute atomic E-state index is 14.8. The fourth-order valence-electron chi connectivity index (χ4n) is 3.94. The lowest BCUT2D eigenvalue weighted by Gasteiger charge is -2.25. The maximum Gasteiger partial charge on any atom is 0.273 e. The number of nitrogens with two attached hydrogens (primary N) is 1. The number of likely N-dealkylation sites (N-methyl/N-ethyl adjacent to an activating group) is 1. The standard InChI is InChI=1S/C24H28FN7O/c1-24(2,3)16-7-5-6-8-18(16)27-22-20(21(26)33)30-31-23(29-22)28-19-12-15-13-32(4)10-9-14(15)11-17(19)25/h5-8,11-12H,9-10,13H2,1-4H3,(H2,26,33)(H2,27,28,29,31). The van der Waals surface area contributed by atoms with E-state index in [1.807, 2.05) is 31.3 Å². The summed E-state index contributed by atoms with van der Waals surface area (Å²) in [5, 5.41) is 14.0. The molecule has 3 aromatic rings. The molecule has 0 spiro atoms. The van der Waals surface area contributed by atoms with Crippen molar-refractivity contribution < 1.29 is 9.18 Å². The number of benzene rings is 2. The van der Waals surface area contributed by atoms with Crippen LogP contribution in [0.1, 0.15) is 48.0 Å². The van der Waals surface area contributed by atoms with Crippen molar-refractivity contribution in [1.82, 2.24) is 20.1 Å². The van der Waals surface area contributed by atoms with Crippen LogP contribution in [0.4, 0.5) is 27.5 Å². The molecule has 8 nitrogen and oxygen atoms in total. The van der Waals surface area contributed by atoms with Gasteiger partial charge in [0, 0.05) is 18.8 Å². The van der Waals surface area contributed by atoms with Gasteiger partial charge in [0.2, 0.25) is 5.95 Å². The van der Waals surface area contributed by atoms with Crippen molar-refractivity contribution >= 4 is 29.0 Å². The molecule has 172 valence electrons. The molecule has 1 aliphatic heterocycles. The quantitative estimate of drug-likeness (QED) is 0.542. The van der Waals surface area contributed by atoms with Crippen LogP contribution < -0.4 is 16.4 Å². The third kappa shape index (κ3) is 4.93. The van der Waals surface area contributed by atoms with Gasteiger partial charge in [-0.05, 0) is 53.8 Å². The zero-order valence-electron chi connectivity index (χ0n) is 19.2. The van der Waals surface area contributed by atoms with Crippen LogP contribution in [0, 0.1) is 5.82 Å². The lowest BCUT2D eigenvalue weighted by molar-refractivity contribution is 0.0995. The first-order valence-electron chi connectivity index (χ1n) is 10.8. The highest BCUT2D eigenvalue weighted by Gasteiger charge is 2.22. The molecular weight excluding hydrogens is 421 g/mol. The van der Waals surface area contributed by atoms with Crippen molar-refractivity contribution in [3.63, 3.8) is 0 Å². The molecule has 1 aliphatic rings. The van der Waals surface area contributed by atoms with Gasteiger partial charge in [-0.15, -0.1) is 10.2 Å². The largest absolute Gasteiger partial charge is 0.364 e. The van der Waals surface area contributed by atoms with Crippen LogP contribution in [0.5, 0.6) is 0 Å². The first-order valence-corrected chi connectivity index (χ1v) is 10.8. The molecule has 0 aliphatic carbocycles. The lowest BCUT2D eigenvalue weighted by Crippen LogP contribution is -2.26. The summed E-state index contributed by atoms with van der Waals surface area (Å²) in [4.78, 5) is 18.5. The number of halogens is 1. The topological polar surface area (TPSA) is 109 Å². The Labute approximate surface area is 192 Å². The summed E-state index contributed by atoms with van der Waals surface area (Å²) in [6.07, 6.45) is 0.801. The van der Waals surface area contributed by atoms with Gasteiger partial charge in [-0.3, -0.25) is 4.79 Å². The molecule has 9 heteroatoms. The first-order chi connectivity index (χ1) is 15.6. The zero-order chi connectivity index (χ0) is 23.8. The molecule has 0 saturated heterocycles. The van der Waals surface area contributed by atoms with Crippen LogP contribution in [-0.4, -0.2) is 39.6 Å². The molecule has 0 radical (unpaired) electrons. The van der Waals surface area contributed by atoms with E-state index in [0.717, 1.165) is 41.9 Å². The number of carbonyl (C=O) groups is 1. The van der Waals surface area contributed by atoms with Crippen LogP contribution in [0.25, 0.3) is 0 Å². The highest BCUT2D eigenvalue weighted by molar-refractivity contribution is 5.96. The Balaban J connectivity index is 1.69. The number of nitrogens with one attached hydrogen (secondary N) is 2. The number of nitrogens with zero attached hydrogens (tertiary/aromatic N) is 4. The molecule has 0 fully saturated rings. The van der Waals surface area contributed by atoms with Crippen LogP contribution in [0.2, 0.25) is 0 Å². The van der Waals surface area contributed by atoms with Crippen molar-refractivity contribution in [3.05, 3.63) is 64.6 Å². The molecule has 1 amide bonds. The SMILES string of the molecule is CN1CCc2cc(F)c(Nc3nnc(C(N)=O)c(Nc4ccccc4C(C)(C)C)n3)cc2C1. The average Bonchev–Trinajstić information content (AvgIpc) is 2.74. The molecule has 0 bridgehead atoms. The molecule has 0 saturated carbocycles. The van der Waals surface area contributed by atoms with Gasteiger partial charge >= 0.3 is 0 Å². The summed E-state index contributed by atoms with van der Waals surface area (Å²) in [5.41, 5.74) is 9.34. The number of para-hydroxylation sites is 1. The fourth-order valence-corrected chi connectivity index (χ4v) is 3.94. The van der Waals surface area contributed by atoms with Gasteiger partial charge in [-0.25, -0.2) is 4.39 Å². The molecule has 0 unspecified atom stereocenters. The maximum atomic E-state index is 14.8. The van der Waals surface area contributed by atoms with Crippen molar-refractivity contribution in [3.8, 4) is 0 Å². The Morgan fingerprint density at radius 1 is 1.09 bits per heavy atom. The van der Waals surface area contributed by atoms with Gasteiger partial charge < -0.3 is 21.3 Å². The van der Waals surface area contributed by atoms with Crippen LogP contribution in [0.3, 0.4) is 0 Å². The Hall–Kier alpha value is -3.59. The van der Waals surface area contributed by atoms with Gasteiger partial charge in [-0.1, -0.05) is 39.0 Å². The second kappa shape index (κ2) is 8.74. The highest BCUT2D eigenvalue weighted by Crippen LogP contribution is 2.32. The highest BCUT2D eigenvalue weighted by atomic mass is 19.1. The van der Waals surface area contributed by atoms with E-state index in [0.29, 0.717) is 0 Å². The minimum atomic E-state index is -0.764. The average molecular weight is 450 g/mol. The van der Waals surface area contributed by atoms with Gasteiger partial charge in [0.15, 0.2) is 11.5 Å². The molecule has 1 aromatic heterocycles. The van der Waals surface area contributed by atoms with E-state index in [-0.39, 0.29) is 28.6 Å². The summed E-state index contributed by atoms with van der Waals surface area (Å²) in [7, 11) is 2.03. The van der Waals surface area contributed by atoms with E-state index >= 15 is 0 Å². The van der Waals surface area contributed by atoms with E-state index in [9.17, 15) is 9.18 Å². The summed E-state index contributed by atoms with van der Waals surface area (Å²) >= 11 is 0. The van der Waals surface area contributed by atoms with Crippen LogP contribution in [0.15, 0.2) is 36.4 Å². The lowest BCUT2D eigenvalue weighted by atomic mass is 9.86. The second-order valence-electron chi connectivity index (χ2n) is 9.33. The zero-order valence-corrected chi connectivity index (χ0v) is 19.2. The van der Waals surface area contributed by atoms with Gasteiger partial charge in [0.05, 0.1) is 5.69 Å². The number of carbonyl (C=O) groups excluding carboxylic acids is 1. The van der Waals surface area contributed by atoms with Crippen molar-refractivity contribution in [2.75, 3.05) is 24.2 Å². The molecule has 2 aromatic carbocycles. The summed E-state index contributed by atoms with van der Waals surface area (Å²) < 4.78 is 14.8. The number of amides is 1. The van der Waals surface area contributed by atoms with Crippen molar-refractivity contribution in [2.24, 2.45) is 5.73 Å². The Morgan fingerprint density at radius 2 is 1.85 bits per heavy atom. The molecule has 0 atom stereocenters. The predicted octanol–water partition coefficient (Wildman–Crippen LogP) is 3.88. The van der Waals surface area contributed by atoms with E-state index in [2.05, 4.69) is 51.5 Å². The number of hydrogen-bond acceptors (Lipinski definition) is 7. The second-order valence-corrected chi connectivity index (χ2v) is 9.33. The molecule has 4 rings (SSSR count). The number of hydrogen-bond donors (Lipinski definition) is 3. The summed E-state index contributed by atoms with van der Waals surface area (Å²) in [6, 6.07) is 11.0. The Morgan fingerprint density at radius 3 is 2.58 bits per heavy atom. The molecular formula is C24H28FN7O. The minimum Gasteiger partial charge on any atom is -0.364 e. The number of rotatable bonds is 5. The minimum absolute atomic E-state index is 0.0544. The number of primary amides is 1. The van der Waals surface area contributed by atoms with Gasteiger partial charge in [0.25, 0.3) is 5.91 Å². The third-order valence-corrected chi connectivity index (χ3v) is 5.65. The normalized spacial score (nSPS) is 14.0. The fraction of sp³-hybridized carbons (Fsp3) is 0.333. The van der Waals surface area contributed by atoms with Crippen molar-refractivity contribution in [2.45, 2.75) is 39.2 Å². The molecule has 33 heavy (non-hydrogen) atoms. The Bertz CT molecular complexity index is 1210. The van der Waals surface area contributed by atoms with E-state index in [4.69, 9.17) is 5.73 Å². The van der Waals surface area contributed by atoms with Crippen molar-refractivity contribution in [1.29, 1.82) is 0 Å². The number of fused-ring (bicyclic) bond motifs is 1. The number of aromatic nitrogens is 3. The smallest absolute Gasteiger partial charge is 0.273 e. The monoisotopic (exact) mass is 449 g/mol. The van der Waals surface area contributed by atoms with E-state index < -0.39 is 11.7 Å². The van der Waals surface area contributed by atoms with Gasteiger partial charge in [0.1, 0.15) is 5.82 Å². The molecule has 2 heterocycles. The van der Waals surface area contributed by atoms with Crippen LogP contribution in [-0.2, 0) is 18.4 Å². The summed E-state index contributed by atoms with van der Waals surface area (Å²) in [5.74, 6) is -0.956. The van der Waals surface area contributed by atoms with Crippen LogP contribution >= 0.6 is 0 Å². The number of anilines is 4. The van der Waals surface area contributed by atoms with Gasteiger partial charge in [-0.2, -0.15) is 4.98 Å². The van der Waals surface area contributed by atoms with E-state index in [1.54, 1.807) is 12.1 Å². The Kier molecular flexibility index (Phi) is 5.99. The van der Waals surface area contributed by atoms with E-state index in [1.165, 1.54) is 0 Å². The third-order valence-electron chi connectivity index (χ3n) is 5.65. The first kappa shape index (κ1) is 22.6. The molecule has 4 N–H and O–H groups in total. The summed E-state index contributed by atoms with van der Waals surface area (Å²) in [6.45, 7) is 7.89.